The van der Waals surface area contributed by atoms with E-state index in [0.717, 1.165) is 0 Å². The number of likely N-dealkylation sites (N-methyl/N-ethyl adjacent to an activating group) is 5. The van der Waals surface area contributed by atoms with E-state index in [-0.39, 0.29) is 70.3 Å². The van der Waals surface area contributed by atoms with Crippen molar-refractivity contribution in [3.05, 3.63) is 0 Å². The first-order chi connectivity index (χ1) is 50.5. The van der Waals surface area contributed by atoms with Gasteiger partial charge in [0, 0.05) is 14.2 Å². The molecule has 6 aliphatic rings. The van der Waals surface area contributed by atoms with Gasteiger partial charge in [-0.15, -0.1) is 0 Å². The van der Waals surface area contributed by atoms with Crippen LogP contribution in [0.15, 0.2) is 0 Å². The predicted molar refractivity (Wildman–Crippen MR) is 372 cm³/mol. The van der Waals surface area contributed by atoms with Gasteiger partial charge in [-0.3, -0.25) is 0 Å². The van der Waals surface area contributed by atoms with E-state index in [1.807, 2.05) is 106 Å². The van der Waals surface area contributed by atoms with E-state index in [4.69, 9.17) is 85.3 Å². The van der Waals surface area contributed by atoms with Crippen LogP contribution >= 0.6 is 0 Å². The van der Waals surface area contributed by atoms with Crippen LogP contribution in [0.4, 0.5) is 0 Å². The molecule has 0 aromatic carbocycles. The molecule has 0 aliphatic carbocycles. The van der Waals surface area contributed by atoms with E-state index >= 15 is 0 Å². The normalized spacial score (nSPS) is 39.8. The molecular formula is C68H136N5O36+5. The lowest BCUT2D eigenvalue weighted by atomic mass is 9.95. The molecule has 644 valence electrons. The van der Waals surface area contributed by atoms with Crippen molar-refractivity contribution in [1.82, 2.24) is 0 Å². The summed E-state index contributed by atoms with van der Waals surface area (Å²) in [6.45, 7) is -3.35. The maximum atomic E-state index is 12.4. The zero-order valence-electron chi connectivity index (χ0n) is 66.2. The minimum atomic E-state index is -2.29. The lowest BCUT2D eigenvalue weighted by Gasteiger charge is -2.50. The summed E-state index contributed by atoms with van der Waals surface area (Å²) in [5, 5.41) is 207. The molecule has 0 amide bonds. The summed E-state index contributed by atoms with van der Waals surface area (Å²) in [6.07, 6.45) is -60.2. The standard InChI is InChI=1S/C68H136N5O36/c1-69(2,3)18-34(74)23-94-28-39-45(79)46(80)52(86)64(100-39)99-33-44-62(51(85)57(91)68(105-44)106-59-41(101-63(93-17)53(87)48(59)82)30-96-25-36(76)20-71(7,8)9)109-67-56(90)50(84)61(43(104-67)32-98-27-38(78)22-73(13,14)15)108-66-55(89)49(83)60(42(103-66)31-97-26-37(77)21-72(10,11)12)107-65-54(88)47(81)58(92-16)40(102-65)29-95-24-35(75)19-70(4,5)6/h34-68,74-91H,18-33H2,1-17H3/q+5/t34?,35?,36?,37?,38?,39-,40?,41?,42-,43?,44-,45-,46?,47-,48-,49?,50+,51?,52?,53?,54?,55?,56?,57?,58+,59+,60+,61+,62+,63+,64-,65-,66-,67-,68+/m0/s1. The van der Waals surface area contributed by atoms with Crippen molar-refractivity contribution in [2.45, 2.75) is 215 Å². The van der Waals surface area contributed by atoms with Crippen LogP contribution in [-0.2, 0) is 85.3 Å². The number of quaternary nitrogens is 5. The Hall–Kier alpha value is -1.64. The van der Waals surface area contributed by atoms with Crippen LogP contribution in [0, 0.1) is 0 Å². The Morgan fingerprint density at radius 2 is 0.450 bits per heavy atom. The van der Waals surface area contributed by atoms with E-state index in [1.165, 1.54) is 14.2 Å². The summed E-state index contributed by atoms with van der Waals surface area (Å²) in [4.78, 5) is 0. The fraction of sp³-hybridized carbons (Fsp3) is 1.00. The van der Waals surface area contributed by atoms with Crippen molar-refractivity contribution >= 4 is 0 Å². The molecule has 6 rings (SSSR count). The van der Waals surface area contributed by atoms with Gasteiger partial charge < -0.3 is 200 Å². The minimum Gasteiger partial charge on any atom is -0.387 e. The number of rotatable bonds is 43. The molecule has 109 heavy (non-hydrogen) atoms. The number of methoxy groups -OCH3 is 2. The first-order valence-electron chi connectivity index (χ1n) is 36.9. The predicted octanol–water partition coefficient (Wildman–Crippen LogP) is -12.3. The second-order valence-corrected chi connectivity index (χ2v) is 34.6. The smallest absolute Gasteiger partial charge is 0.187 e. The lowest BCUT2D eigenvalue weighted by Crippen LogP contribution is -2.68. The molecular weight excluding hydrogens is 1460 g/mol. The molecule has 6 fully saturated rings. The third-order valence-electron chi connectivity index (χ3n) is 18.7. The third-order valence-corrected chi connectivity index (χ3v) is 18.7. The second kappa shape index (κ2) is 42.2. The van der Waals surface area contributed by atoms with Crippen LogP contribution in [0.2, 0.25) is 0 Å². The highest BCUT2D eigenvalue weighted by Crippen LogP contribution is 2.38. The maximum Gasteiger partial charge on any atom is 0.187 e. The molecule has 6 heterocycles. The van der Waals surface area contributed by atoms with Crippen molar-refractivity contribution < 1.29 is 200 Å². The summed E-state index contributed by atoms with van der Waals surface area (Å²) in [7, 11) is 30.1. The molecule has 41 nitrogen and oxygen atoms in total. The Bertz CT molecular complexity index is 2580. The molecule has 35 atom stereocenters. The van der Waals surface area contributed by atoms with Gasteiger partial charge in [-0.2, -0.15) is 0 Å². The van der Waals surface area contributed by atoms with Crippen LogP contribution in [0.1, 0.15) is 0 Å². The van der Waals surface area contributed by atoms with Gasteiger partial charge in [0.1, 0.15) is 210 Å². The van der Waals surface area contributed by atoms with Crippen molar-refractivity contribution in [2.24, 2.45) is 0 Å². The van der Waals surface area contributed by atoms with Crippen LogP contribution in [0.5, 0.6) is 0 Å². The highest BCUT2D eigenvalue weighted by Gasteiger charge is 2.58. The van der Waals surface area contributed by atoms with E-state index in [2.05, 4.69) is 0 Å². The molecule has 18 N–H and O–H groups in total. The first kappa shape index (κ1) is 96.2. The minimum absolute atomic E-state index is 0.156. The van der Waals surface area contributed by atoms with Gasteiger partial charge >= 0.3 is 0 Å². The second-order valence-electron chi connectivity index (χ2n) is 34.6. The van der Waals surface area contributed by atoms with E-state index in [0.29, 0.717) is 24.5 Å². The monoisotopic (exact) mass is 1600 g/mol. The number of aliphatic hydroxyl groups excluding tert-OH is 18. The largest absolute Gasteiger partial charge is 0.387 e. The number of aliphatic hydroxyl groups is 18. The van der Waals surface area contributed by atoms with Gasteiger partial charge in [0.15, 0.2) is 37.7 Å². The number of hydrogen-bond donors (Lipinski definition) is 18. The van der Waals surface area contributed by atoms with Gasteiger partial charge in [-0.25, -0.2) is 0 Å². The van der Waals surface area contributed by atoms with E-state index < -0.39 is 248 Å². The molecule has 0 spiro atoms. The molecule has 6 aliphatic heterocycles. The first-order valence-corrected chi connectivity index (χ1v) is 36.9. The Balaban J connectivity index is 1.32. The van der Waals surface area contributed by atoms with E-state index in [1.54, 1.807) is 0 Å². The average molecular weight is 1600 g/mol. The topological polar surface area (TPSA) is 530 Å². The van der Waals surface area contributed by atoms with Crippen LogP contribution in [0.3, 0.4) is 0 Å². The summed E-state index contributed by atoms with van der Waals surface area (Å²) in [5.74, 6) is 0. The van der Waals surface area contributed by atoms with Crippen molar-refractivity contribution in [1.29, 1.82) is 0 Å². The van der Waals surface area contributed by atoms with Crippen LogP contribution < -0.4 is 0 Å². The number of nitrogens with zero attached hydrogens (tertiary/aromatic N) is 5. The van der Waals surface area contributed by atoms with Gasteiger partial charge in [0.25, 0.3) is 0 Å². The Morgan fingerprint density at radius 1 is 0.239 bits per heavy atom. The highest BCUT2D eigenvalue weighted by atomic mass is 16.8. The molecule has 0 aromatic rings. The highest BCUT2D eigenvalue weighted by molar-refractivity contribution is 5.00. The fourth-order valence-corrected chi connectivity index (χ4v) is 13.8. The van der Waals surface area contributed by atoms with E-state index in [9.17, 15) is 91.9 Å². The quantitative estimate of drug-likeness (QED) is 0.0252. The molecule has 0 saturated carbocycles. The number of ether oxygens (including phenoxy) is 18. The maximum absolute atomic E-state index is 12.4. The lowest BCUT2D eigenvalue weighted by molar-refractivity contribution is -0.873. The molecule has 17 unspecified atom stereocenters. The Labute approximate surface area is 637 Å². The van der Waals surface area contributed by atoms with Gasteiger partial charge in [-0.1, -0.05) is 0 Å². The molecule has 0 aromatic heterocycles. The molecule has 0 bridgehead atoms. The average Bonchev–Trinajstić information content (AvgIpc) is 0.771. The summed E-state index contributed by atoms with van der Waals surface area (Å²) < 4.78 is 110. The fourth-order valence-electron chi connectivity index (χ4n) is 13.8. The SMILES string of the molecule is CO[C@@H]1OC(COCC(O)C[N+](C)(C)C)[C@@H](O[C@H]2O[C@@H](CO[C@H]3O[C@@H](COCC(O)C[N+](C)(C)C)[C@H](O)C(O)C3O)[C@@H](O[C@@H]3OC(COCC(O)C[N+](C)(C)C)[C@@H](O[C@@H]4O[C@@H](COCC(O)C[N+](C)(C)C)[C@@H](O[C@@H]5OC(COCC(O)C[N+](C)(C)C)[C@@H](OC)[C@@H](O)C5O)C(O)C4O)[C@H](O)C3O)C(O)C2O)[C@@H](O)C1O. The third kappa shape index (κ3) is 29.4. The van der Waals surface area contributed by atoms with Crippen LogP contribution in [0.25, 0.3) is 0 Å². The Kier molecular flexibility index (Phi) is 37.2. The summed E-state index contributed by atoms with van der Waals surface area (Å²) in [5.41, 5.74) is 0. The van der Waals surface area contributed by atoms with Gasteiger partial charge in [-0.05, 0) is 0 Å². The zero-order valence-corrected chi connectivity index (χ0v) is 66.2. The molecule has 6 saturated heterocycles. The van der Waals surface area contributed by atoms with Gasteiger partial charge in [0.2, 0.25) is 0 Å². The zero-order chi connectivity index (χ0) is 81.7. The molecule has 0 radical (unpaired) electrons. The van der Waals surface area contributed by atoms with Crippen molar-refractivity contribution in [3.8, 4) is 0 Å². The summed E-state index contributed by atoms with van der Waals surface area (Å²) >= 11 is 0. The van der Waals surface area contributed by atoms with Crippen molar-refractivity contribution in [3.63, 3.8) is 0 Å². The molecule has 41 heteroatoms. The van der Waals surface area contributed by atoms with Crippen LogP contribution in [-0.4, -0.2) is 554 Å². The summed E-state index contributed by atoms with van der Waals surface area (Å²) in [6, 6.07) is 0. The Morgan fingerprint density at radius 3 is 0.706 bits per heavy atom. The number of hydrogen-bond acceptors (Lipinski definition) is 36. The van der Waals surface area contributed by atoms with Crippen molar-refractivity contribution in [2.75, 3.05) is 225 Å². The van der Waals surface area contributed by atoms with Gasteiger partial charge in [0.05, 0.1) is 178 Å².